The molecule has 21 rings (SSSR count). The van der Waals surface area contributed by atoms with E-state index in [4.69, 9.17) is 13.9 Å². The molecule has 1 aliphatic carbocycles. The van der Waals surface area contributed by atoms with E-state index in [0.29, 0.717) is 105 Å². The van der Waals surface area contributed by atoms with Crippen molar-refractivity contribution in [2.75, 3.05) is 80.2 Å². The molecule has 18 N–H and O–H groups in total. The lowest BCUT2D eigenvalue weighted by molar-refractivity contribution is -0.0744. The van der Waals surface area contributed by atoms with E-state index in [1.165, 1.54) is 53.7 Å². The molecule has 2 saturated heterocycles. The molecular weight excluding hydrogens is 2200 g/mol. The van der Waals surface area contributed by atoms with Crippen LogP contribution in [0.2, 0.25) is 0 Å². The topological polar surface area (TPSA) is 581 Å². The van der Waals surface area contributed by atoms with Crippen molar-refractivity contribution in [2.24, 2.45) is 0 Å². The van der Waals surface area contributed by atoms with Crippen LogP contribution in [0.1, 0.15) is 75.8 Å². The van der Waals surface area contributed by atoms with Gasteiger partial charge in [0.25, 0.3) is 5.89 Å². The number of aromatic nitrogens is 12. The highest BCUT2D eigenvalue weighted by molar-refractivity contribution is 9.11. The number of fused-ring (bicyclic) bond motifs is 5. The molecule has 3 aliphatic rings. The minimum atomic E-state index is -3.96. The maximum Gasteiger partial charge on any atom is 0.341 e. The number of carbonyl (C=O) groups is 5. The molecule has 8 aromatic heterocycles. The second-order valence-electron chi connectivity index (χ2n) is 32.4. The quantitative estimate of drug-likeness (QED) is 0.0267. The number of imidazole rings is 1. The number of aromatic hydroxyl groups is 4. The molecule has 1 saturated carbocycles. The van der Waals surface area contributed by atoms with Crippen LogP contribution in [0.25, 0.3) is 88.7 Å². The third-order valence-electron chi connectivity index (χ3n) is 23.8. The van der Waals surface area contributed by atoms with Crippen molar-refractivity contribution >= 4 is 231 Å². The van der Waals surface area contributed by atoms with Crippen LogP contribution in [0.3, 0.4) is 0 Å². The first kappa shape index (κ1) is 100.0. The summed E-state index contributed by atoms with van der Waals surface area (Å²) in [6, 6.07) is 50.9. The van der Waals surface area contributed by atoms with Crippen LogP contribution < -0.4 is 37.2 Å². The van der Waals surface area contributed by atoms with E-state index in [1.807, 2.05) is 93.1 Å². The van der Waals surface area contributed by atoms with Gasteiger partial charge in [0.15, 0.2) is 5.82 Å². The van der Waals surface area contributed by atoms with Crippen molar-refractivity contribution in [3.8, 4) is 57.2 Å². The number of nitrogens with zero attached hydrogens (tertiary/aromatic N) is 11. The van der Waals surface area contributed by atoms with Crippen molar-refractivity contribution in [2.45, 2.75) is 28.8 Å². The molecule has 0 spiro atoms. The van der Waals surface area contributed by atoms with Crippen LogP contribution in [0.5, 0.6) is 23.0 Å². The summed E-state index contributed by atoms with van der Waals surface area (Å²) < 4.78 is 48.9. The van der Waals surface area contributed by atoms with Crippen molar-refractivity contribution in [1.82, 2.24) is 75.2 Å². The lowest BCUT2D eigenvalue weighted by atomic mass is 9.86. The molecule has 0 atom stereocenters. The minimum absolute atomic E-state index is 0.0443. The highest BCUT2D eigenvalue weighted by Crippen LogP contribution is 2.52. The largest absolute Gasteiger partial charge is 0.507 e. The monoisotopic (exact) mass is 2280 g/mol. The van der Waals surface area contributed by atoms with E-state index in [9.17, 15) is 78.3 Å². The third kappa shape index (κ3) is 20.9. The number of nitrogens with one attached hydrogen (secondary N) is 9. The Morgan fingerprint density at radius 3 is 1.16 bits per heavy atom. The number of halogens is 5. The van der Waals surface area contributed by atoms with Gasteiger partial charge in [-0.15, -0.1) is 10.2 Å². The Balaban J connectivity index is 0.000000124. The Morgan fingerprint density at radius 1 is 0.410 bits per heavy atom. The number of phenols is 4. The Kier molecular flexibility index (Phi) is 29.6. The van der Waals surface area contributed by atoms with Gasteiger partial charge in [-0.3, -0.25) is 30.0 Å². The van der Waals surface area contributed by atoms with E-state index in [1.54, 1.807) is 110 Å². The van der Waals surface area contributed by atoms with E-state index >= 15 is 0 Å². The molecule has 10 aromatic carbocycles. The summed E-state index contributed by atoms with van der Waals surface area (Å²) in [6.07, 6.45) is 15.8. The lowest BCUT2D eigenvalue weighted by Crippen LogP contribution is -2.56. The fraction of sp³-hybridized carbons (Fsp3) is 0.121. The molecule has 730 valence electrons. The number of aromatic carboxylic acids is 5. The molecule has 10 heterocycles. The van der Waals surface area contributed by atoms with Gasteiger partial charge in [-0.2, -0.15) is 9.40 Å². The Labute approximate surface area is 857 Å². The second kappa shape index (κ2) is 42.7. The van der Waals surface area contributed by atoms with Gasteiger partial charge in [0.2, 0.25) is 16.4 Å². The fourth-order valence-electron chi connectivity index (χ4n) is 16.5. The molecule has 0 bridgehead atoms. The first-order chi connectivity index (χ1) is 69.3. The number of hydrogen-bond acceptors (Lipinski definition) is 31. The van der Waals surface area contributed by atoms with Crippen molar-refractivity contribution < 1.29 is 92.2 Å². The number of likely N-dealkylation sites (N-methyl/N-ethyl adjacent to an activating group) is 1. The van der Waals surface area contributed by atoms with Crippen LogP contribution in [0, 0.1) is 0 Å². The van der Waals surface area contributed by atoms with Crippen LogP contribution in [-0.2, 0) is 30.6 Å². The molecule has 45 heteroatoms. The number of carboxylic acids is 5. The first-order valence-electron chi connectivity index (χ1n) is 43.4. The predicted molar refractivity (Wildman–Crippen MR) is 555 cm³/mol. The van der Waals surface area contributed by atoms with Crippen LogP contribution in [-0.4, -0.2) is 202 Å². The number of benzene rings is 10. The number of carboxylic acid groups (broad SMARTS) is 5. The number of morpholine rings is 1. The van der Waals surface area contributed by atoms with Crippen LogP contribution >= 0.6 is 79.6 Å². The minimum Gasteiger partial charge on any atom is -0.507 e. The predicted octanol–water partition coefficient (Wildman–Crippen LogP) is 19.9. The Morgan fingerprint density at radius 2 is 0.785 bits per heavy atom. The molecule has 0 amide bonds. The van der Waals surface area contributed by atoms with E-state index in [2.05, 4.69) is 177 Å². The normalized spacial score (nSPS) is 13.4. The van der Waals surface area contributed by atoms with Gasteiger partial charge in [-0.05, 0) is 173 Å². The first-order valence-corrected chi connectivity index (χ1v) is 48.8. The van der Waals surface area contributed by atoms with Gasteiger partial charge in [-0.1, -0.05) is 116 Å². The summed E-state index contributed by atoms with van der Waals surface area (Å²) >= 11 is 17.3. The molecular formula is C99H79Br5N20O19S. The standard InChI is InChI=1S/C23H20BrN5O5S.C20H18BrN3O4.C20H18BrN3O3.C18H12BrN5O3.C18H11BrN4O4/c24-14-4-5-17-16(12-14)21(19(13-27-17)35(32,33)29-8-10-34-11-9-29)28-18-3-1-2-15(20(18)23(30)31)22-25-6-7-26-22;1-22-20(9-28-10-20)13-8-23-14-6-5-11(21)7-12(14)18(13)24-15-3-2-4-16(25)17(15)19(26)27;1-22-20(7-8-20)13-10-23-14-6-5-11(21)9-12(14)18(13)24-15-3-2-4-16(25)17(15)19(26)27;19-9-4-5-12-10(6-9)16(11(7-20-12)17-21-8-22-24-17)23-13-2-1-3-14(25)15(13)18(26)27;19-9-4-5-12-10(6-9)16(11(7-20-12)17-23-21-8-27-17)22-13-2-1-3-14(24)15(13)18(25)26/h1-7,12-13H,8-11H2,(H,25,26)(H,27,28)(H,30,31);2-8,22,25H,9-10H2,1H3,(H,23,24)(H,26,27);2-6,9-10,22,25H,7-8H2,1H3,(H,23,24)(H,26,27);1-8,25H,(H,20,23)(H,26,27)(H,21,22,24);1-8,24H,(H,20,22)(H,25,26). The van der Waals surface area contributed by atoms with Crippen molar-refractivity contribution in [1.29, 1.82) is 0 Å². The molecule has 3 fully saturated rings. The van der Waals surface area contributed by atoms with Crippen LogP contribution in [0.15, 0.2) is 270 Å². The third-order valence-corrected chi connectivity index (χ3v) is 28.1. The number of rotatable bonds is 24. The zero-order valence-electron chi connectivity index (χ0n) is 75.0. The highest BCUT2D eigenvalue weighted by atomic mass is 79.9. The van der Waals surface area contributed by atoms with Gasteiger partial charge < -0.3 is 102 Å². The van der Waals surface area contributed by atoms with Gasteiger partial charge in [0.05, 0.1) is 133 Å². The van der Waals surface area contributed by atoms with Crippen LogP contribution in [0.4, 0.5) is 56.9 Å². The summed E-state index contributed by atoms with van der Waals surface area (Å²) in [7, 11) is -0.185. The van der Waals surface area contributed by atoms with Gasteiger partial charge in [0, 0.05) is 128 Å². The summed E-state index contributed by atoms with van der Waals surface area (Å²) in [5.41, 5.74) is 9.56. The second-order valence-corrected chi connectivity index (χ2v) is 38.8. The number of aromatic amines is 2. The molecule has 144 heavy (non-hydrogen) atoms. The van der Waals surface area contributed by atoms with Gasteiger partial charge >= 0.3 is 29.8 Å². The zero-order valence-corrected chi connectivity index (χ0v) is 83.7. The number of pyridine rings is 5. The molecule has 0 radical (unpaired) electrons. The molecule has 18 aromatic rings. The Hall–Kier alpha value is -15.6. The number of sulfonamides is 1. The average Bonchev–Trinajstić information content (AvgIpc) is 1.74. The SMILES string of the molecule is CNC1(c2cnc3ccc(Br)cc3c2Nc2cccc(O)c2C(=O)O)CC1.CNC1(c2cnc3ccc(Br)cc3c2Nc2cccc(O)c2C(=O)O)COC1.O=C(O)c1c(Nc2c(S(=O)(=O)N3CCOCC3)cnc3ccc(Br)cc23)cccc1-c1ncc[nH]1.O=C(O)c1c(O)cccc1Nc1c(-c2ncn[nH]2)cnc2ccc(Br)cc12.O=C(O)c1c(O)cccc1Nc1c(-c2nnco2)cnc2ccc(Br)cc12. The molecule has 2 aliphatic heterocycles. The summed E-state index contributed by atoms with van der Waals surface area (Å²) in [6.45, 7) is 1.97. The van der Waals surface area contributed by atoms with Gasteiger partial charge in [-0.25, -0.2) is 42.4 Å². The average molecular weight is 2280 g/mol. The smallest absolute Gasteiger partial charge is 0.341 e. The van der Waals surface area contributed by atoms with E-state index < -0.39 is 45.4 Å². The van der Waals surface area contributed by atoms with E-state index in [-0.39, 0.29) is 103 Å². The number of ether oxygens (including phenoxy) is 2. The summed E-state index contributed by atoms with van der Waals surface area (Å²) in [5, 5.41) is 129. The maximum absolute atomic E-state index is 13.6. The van der Waals surface area contributed by atoms with Gasteiger partial charge in [0.1, 0.15) is 62.3 Å². The number of hydrogen-bond donors (Lipinski definition) is 18. The van der Waals surface area contributed by atoms with Crippen molar-refractivity contribution in [3.63, 3.8) is 0 Å². The fourth-order valence-corrected chi connectivity index (χ4v) is 19.8. The van der Waals surface area contributed by atoms with E-state index in [0.717, 1.165) is 84.9 Å². The lowest BCUT2D eigenvalue weighted by Gasteiger charge is -2.42. The highest BCUT2D eigenvalue weighted by Gasteiger charge is 2.46. The Bertz CT molecular complexity index is 7990. The molecule has 0 unspecified atom stereocenters. The summed E-state index contributed by atoms with van der Waals surface area (Å²) in [5.74, 6) is -6.23. The molecule has 39 nitrogen and oxygen atoms in total. The maximum atomic E-state index is 13.6. The van der Waals surface area contributed by atoms with Crippen molar-refractivity contribution in [3.05, 3.63) is 299 Å². The number of H-pyrrole nitrogens is 2. The number of anilines is 10. The zero-order chi connectivity index (χ0) is 102. The summed E-state index contributed by atoms with van der Waals surface area (Å²) in [4.78, 5) is 92.5.